The van der Waals surface area contributed by atoms with E-state index in [1.807, 2.05) is 25.1 Å². The normalized spacial score (nSPS) is 18.4. The zero-order chi connectivity index (χ0) is 23.4. The van der Waals surface area contributed by atoms with Gasteiger partial charge in [-0.15, -0.1) is 0 Å². The first-order valence-corrected chi connectivity index (χ1v) is 11.3. The molecule has 174 valence electrons. The molecule has 8 heteroatoms. The lowest BCUT2D eigenvalue weighted by atomic mass is 9.91. The van der Waals surface area contributed by atoms with E-state index in [9.17, 15) is 9.90 Å². The highest BCUT2D eigenvalue weighted by Crippen LogP contribution is 2.30. The summed E-state index contributed by atoms with van der Waals surface area (Å²) in [5.41, 5.74) is 8.54. The predicted molar refractivity (Wildman–Crippen MR) is 129 cm³/mol. The van der Waals surface area contributed by atoms with E-state index in [4.69, 9.17) is 10.5 Å². The number of aryl methyl sites for hydroxylation is 1. The molecule has 3 heterocycles. The quantitative estimate of drug-likeness (QED) is 0.571. The third-order valence-electron chi connectivity index (χ3n) is 5.96. The second kappa shape index (κ2) is 9.72. The highest BCUT2D eigenvalue weighted by atomic mass is 16.5. The van der Waals surface area contributed by atoms with Crippen LogP contribution < -0.4 is 15.4 Å². The summed E-state index contributed by atoms with van der Waals surface area (Å²) in [6.07, 6.45) is 3.22. The number of nitrogens with zero attached hydrogens (tertiary/aromatic N) is 4. The van der Waals surface area contributed by atoms with Gasteiger partial charge in [-0.2, -0.15) is 0 Å². The molecule has 0 unspecified atom stereocenters. The number of hydrogen-bond acceptors (Lipinski definition) is 7. The Morgan fingerprint density at radius 1 is 1.24 bits per heavy atom. The highest BCUT2D eigenvalue weighted by molar-refractivity contribution is 5.94. The molecule has 0 spiro atoms. The molecular formula is C25H31N5O3. The average Bonchev–Trinajstić information content (AvgIpc) is 2.82. The predicted octanol–water partition coefficient (Wildman–Crippen LogP) is 2.38. The third kappa shape index (κ3) is 5.23. The summed E-state index contributed by atoms with van der Waals surface area (Å²) in [4.78, 5) is 25.8. The number of nitrogens with two attached hydrogens (primary N) is 1. The van der Waals surface area contributed by atoms with Crippen LogP contribution >= 0.6 is 0 Å². The second-order valence-electron chi connectivity index (χ2n) is 8.72. The maximum Gasteiger partial charge on any atom is 0.253 e. The van der Waals surface area contributed by atoms with Crippen molar-refractivity contribution < 1.29 is 14.6 Å². The van der Waals surface area contributed by atoms with Crippen LogP contribution in [0.4, 0.5) is 5.69 Å². The number of likely N-dealkylation sites (N-methyl/N-ethyl adjacent to an activating group) is 1. The van der Waals surface area contributed by atoms with Gasteiger partial charge in [-0.1, -0.05) is 0 Å². The molecule has 1 atom stereocenters. The first-order valence-electron chi connectivity index (χ1n) is 11.3. The number of anilines is 1. The average molecular weight is 450 g/mol. The van der Waals surface area contributed by atoms with Crippen molar-refractivity contribution in [3.05, 3.63) is 59.9 Å². The van der Waals surface area contributed by atoms with Crippen molar-refractivity contribution in [1.82, 2.24) is 14.9 Å². The largest absolute Gasteiger partial charge is 0.492 e. The fourth-order valence-corrected chi connectivity index (χ4v) is 4.42. The lowest BCUT2D eigenvalue weighted by Gasteiger charge is -2.42. The van der Waals surface area contributed by atoms with Gasteiger partial charge < -0.3 is 25.4 Å². The van der Waals surface area contributed by atoms with Crippen molar-refractivity contribution in [3.8, 4) is 5.75 Å². The summed E-state index contributed by atoms with van der Waals surface area (Å²) in [6.45, 7) is 4.30. The van der Waals surface area contributed by atoms with Gasteiger partial charge in [0, 0.05) is 44.1 Å². The van der Waals surface area contributed by atoms with E-state index in [-0.39, 0.29) is 12.5 Å². The number of aromatic nitrogens is 2. The van der Waals surface area contributed by atoms with Crippen molar-refractivity contribution in [2.24, 2.45) is 5.73 Å². The van der Waals surface area contributed by atoms with E-state index in [1.165, 1.54) is 0 Å². The van der Waals surface area contributed by atoms with Crippen molar-refractivity contribution in [2.75, 3.05) is 44.7 Å². The number of amides is 1. The van der Waals surface area contributed by atoms with Gasteiger partial charge in [0.1, 0.15) is 17.9 Å². The number of aliphatic hydroxyl groups is 1. The van der Waals surface area contributed by atoms with Crippen molar-refractivity contribution in [1.29, 1.82) is 0 Å². The van der Waals surface area contributed by atoms with E-state index in [0.29, 0.717) is 37.4 Å². The summed E-state index contributed by atoms with van der Waals surface area (Å²) in [5.74, 6) is 0.534. The van der Waals surface area contributed by atoms with Crippen LogP contribution in [-0.2, 0) is 0 Å². The molecule has 8 nitrogen and oxygen atoms in total. The van der Waals surface area contributed by atoms with E-state index < -0.39 is 5.60 Å². The molecule has 3 aromatic rings. The van der Waals surface area contributed by atoms with Gasteiger partial charge in [0.15, 0.2) is 0 Å². The van der Waals surface area contributed by atoms with Gasteiger partial charge in [-0.3, -0.25) is 9.78 Å². The number of carbonyl (C=O) groups is 1. The first kappa shape index (κ1) is 22.9. The van der Waals surface area contributed by atoms with Gasteiger partial charge in [-0.25, -0.2) is 4.98 Å². The molecule has 2 aromatic heterocycles. The van der Waals surface area contributed by atoms with Crippen LogP contribution in [-0.4, -0.2) is 71.3 Å². The SMILES string of the molecule is Cc1ccc2nccc(N3CCC[C@@](O)(CN(C)C(=O)c4ccc(OCCN)cc4)C3)c2n1. The molecule has 0 aliphatic carbocycles. The molecule has 1 aliphatic rings. The fraction of sp³-hybridized carbons (Fsp3) is 0.400. The molecule has 1 aromatic carbocycles. The van der Waals surface area contributed by atoms with E-state index in [0.717, 1.165) is 35.4 Å². The van der Waals surface area contributed by atoms with Crippen LogP contribution in [0.2, 0.25) is 0 Å². The summed E-state index contributed by atoms with van der Waals surface area (Å²) >= 11 is 0. The maximum absolute atomic E-state index is 13.0. The van der Waals surface area contributed by atoms with Gasteiger partial charge in [-0.05, 0) is 62.2 Å². The highest BCUT2D eigenvalue weighted by Gasteiger charge is 2.36. The van der Waals surface area contributed by atoms with Crippen LogP contribution in [0.3, 0.4) is 0 Å². The lowest BCUT2D eigenvalue weighted by molar-refractivity contribution is 0.0000608. The Balaban J connectivity index is 1.47. The first-order chi connectivity index (χ1) is 15.9. The monoisotopic (exact) mass is 449 g/mol. The topological polar surface area (TPSA) is 105 Å². The number of benzene rings is 1. The molecule has 33 heavy (non-hydrogen) atoms. The molecule has 3 N–H and O–H groups in total. The van der Waals surface area contributed by atoms with E-state index in [2.05, 4.69) is 14.9 Å². The number of piperidine rings is 1. The molecule has 0 saturated carbocycles. The lowest BCUT2D eigenvalue weighted by Crippen LogP contribution is -2.54. The smallest absolute Gasteiger partial charge is 0.253 e. The third-order valence-corrected chi connectivity index (χ3v) is 5.96. The van der Waals surface area contributed by atoms with Crippen molar-refractivity contribution in [2.45, 2.75) is 25.4 Å². The van der Waals surface area contributed by atoms with E-state index >= 15 is 0 Å². The molecule has 1 amide bonds. The number of rotatable bonds is 7. The number of carbonyl (C=O) groups excluding carboxylic acids is 1. The maximum atomic E-state index is 13.0. The summed E-state index contributed by atoms with van der Waals surface area (Å²) < 4.78 is 5.47. The summed E-state index contributed by atoms with van der Waals surface area (Å²) in [5, 5.41) is 11.4. The fourth-order valence-electron chi connectivity index (χ4n) is 4.42. The Kier molecular flexibility index (Phi) is 6.76. The van der Waals surface area contributed by atoms with Crippen LogP contribution in [0.25, 0.3) is 11.0 Å². The number of pyridine rings is 2. The minimum absolute atomic E-state index is 0.141. The molecule has 1 aliphatic heterocycles. The summed E-state index contributed by atoms with van der Waals surface area (Å²) in [6, 6.07) is 12.9. The van der Waals surface area contributed by atoms with Crippen LogP contribution in [0.1, 0.15) is 28.9 Å². The van der Waals surface area contributed by atoms with Gasteiger partial charge in [0.2, 0.25) is 0 Å². The zero-order valence-electron chi connectivity index (χ0n) is 19.2. The molecule has 1 fully saturated rings. The minimum atomic E-state index is -1.02. The minimum Gasteiger partial charge on any atom is -0.492 e. The number of β-amino-alcohol motifs (C(OH)–C–C–N with tert-alkyl or cyclic N) is 1. The van der Waals surface area contributed by atoms with Gasteiger partial charge in [0.05, 0.1) is 23.3 Å². The Hall–Kier alpha value is -3.23. The van der Waals surface area contributed by atoms with Crippen molar-refractivity contribution in [3.63, 3.8) is 0 Å². The zero-order valence-corrected chi connectivity index (χ0v) is 19.2. The van der Waals surface area contributed by atoms with Crippen LogP contribution in [0.15, 0.2) is 48.7 Å². The van der Waals surface area contributed by atoms with Crippen LogP contribution in [0, 0.1) is 6.92 Å². The Morgan fingerprint density at radius 2 is 2.03 bits per heavy atom. The molecular weight excluding hydrogens is 418 g/mol. The Labute approximate surface area is 194 Å². The Bertz CT molecular complexity index is 1120. The second-order valence-corrected chi connectivity index (χ2v) is 8.72. The van der Waals surface area contributed by atoms with Gasteiger partial charge >= 0.3 is 0 Å². The molecule has 0 radical (unpaired) electrons. The molecule has 0 bridgehead atoms. The summed E-state index contributed by atoms with van der Waals surface area (Å²) in [7, 11) is 1.73. The number of fused-ring (bicyclic) bond motifs is 1. The number of ether oxygens (including phenoxy) is 1. The van der Waals surface area contributed by atoms with Gasteiger partial charge in [0.25, 0.3) is 5.91 Å². The molecule has 1 saturated heterocycles. The Morgan fingerprint density at radius 3 is 2.79 bits per heavy atom. The van der Waals surface area contributed by atoms with Crippen molar-refractivity contribution >= 4 is 22.6 Å². The number of hydrogen-bond donors (Lipinski definition) is 2. The van der Waals surface area contributed by atoms with E-state index in [1.54, 1.807) is 42.4 Å². The standard InChI is InChI=1S/C25H31N5O3/c1-18-4-9-21-23(28-18)22(10-13-27-21)30-14-3-11-25(32,17-30)16-29(2)24(31)19-5-7-20(8-6-19)33-15-12-26/h4-10,13,32H,3,11-12,14-17,26H2,1-2H3/t25-/m1/s1. The molecule has 4 rings (SSSR count). The van der Waals surface area contributed by atoms with Crippen LogP contribution in [0.5, 0.6) is 5.75 Å².